The fourth-order valence-electron chi connectivity index (χ4n) is 1.02. The van der Waals surface area contributed by atoms with Gasteiger partial charge in [0.2, 0.25) is 0 Å². The fourth-order valence-corrected chi connectivity index (χ4v) is 1.02. The maximum Gasteiger partial charge on any atom is 0.260 e. The number of hydrogen-bond donors (Lipinski definition) is 0. The number of carbonyl (C=O) groups is 4. The van der Waals surface area contributed by atoms with Crippen molar-refractivity contribution in [3.63, 3.8) is 0 Å². The maximum absolute atomic E-state index is 10.6. The van der Waals surface area contributed by atoms with Crippen molar-refractivity contribution in [2.75, 3.05) is 0 Å². The normalized spacial score (nSPS) is 16.8. The summed E-state index contributed by atoms with van der Waals surface area (Å²) in [5.74, 6) is -1.89. The molecule has 0 bridgehead atoms. The number of rotatable bonds is 2. The quantitative estimate of drug-likeness (QED) is 0.481. The molecule has 1 fully saturated rings. The molecule has 1 radical (unpaired) electrons. The summed E-state index contributed by atoms with van der Waals surface area (Å²) in [6, 6.07) is 0. The third-order valence-corrected chi connectivity index (χ3v) is 1.72. The van der Waals surface area contributed by atoms with E-state index in [4.69, 9.17) is 0 Å². The van der Waals surface area contributed by atoms with Crippen LogP contribution in [0.1, 0.15) is 12.8 Å². The Bertz CT molecular complexity index is 387. The molecule has 0 aromatic rings. The zero-order valence-corrected chi connectivity index (χ0v) is 11.8. The molecule has 0 unspecified atom stereocenters. The number of hydrogen-bond acceptors (Lipinski definition) is 6. The Morgan fingerprint density at radius 3 is 1.78 bits per heavy atom. The molecular weight excluding hydrogens is 321 g/mol. The predicted molar refractivity (Wildman–Crippen MR) is 50.4 cm³/mol. The van der Waals surface area contributed by atoms with E-state index in [-0.39, 0.29) is 45.6 Å². The maximum atomic E-state index is 10.6. The number of amides is 4. The number of imide groups is 2. The average Bonchev–Trinajstić information content (AvgIpc) is 2.79. The molecule has 0 saturated carbocycles. The summed E-state index contributed by atoms with van der Waals surface area (Å²) in [6.07, 6.45) is 2.51. The van der Waals surface area contributed by atoms with Crippen LogP contribution < -0.4 is 0 Å². The Morgan fingerprint density at radius 1 is 1.06 bits per heavy atom. The third-order valence-electron chi connectivity index (χ3n) is 1.72. The molecule has 8 nitrogen and oxygen atoms in total. The second kappa shape index (κ2) is 7.83. The smallest absolute Gasteiger partial charge is 0.260 e. The molecule has 93 valence electrons. The van der Waals surface area contributed by atoms with Crippen molar-refractivity contribution >= 4 is 30.1 Å². The van der Waals surface area contributed by atoms with Crippen LogP contribution in [0.5, 0.6) is 0 Å². The zero-order chi connectivity index (χ0) is 12.8. The van der Waals surface area contributed by atoms with Crippen molar-refractivity contribution < 1.29 is 61.5 Å². The van der Waals surface area contributed by atoms with Gasteiger partial charge in [0.05, 0.1) is 11.8 Å². The number of carbonyl (C=O) groups excluding carboxylic acids is 5. The molecular formula is C9H6N2O6Y-2. The molecule has 0 aromatic carbocycles. The van der Waals surface area contributed by atoms with Gasteiger partial charge in [-0.2, -0.15) is 0 Å². The van der Waals surface area contributed by atoms with Crippen LogP contribution in [0.3, 0.4) is 0 Å². The summed E-state index contributed by atoms with van der Waals surface area (Å²) in [6.45, 7) is 1.00. The van der Waals surface area contributed by atoms with Gasteiger partial charge < -0.3 is 24.5 Å². The summed E-state index contributed by atoms with van der Waals surface area (Å²) in [5, 5.41) is 3.42. The predicted octanol–water partition coefficient (Wildman–Crippen LogP) is -0.885. The molecule has 2 aliphatic heterocycles. The first-order valence-corrected chi connectivity index (χ1v) is 4.42. The minimum absolute atomic E-state index is 0. The van der Waals surface area contributed by atoms with E-state index in [9.17, 15) is 24.0 Å². The van der Waals surface area contributed by atoms with E-state index < -0.39 is 23.6 Å². The third kappa shape index (κ3) is 4.84. The average molecular weight is 327 g/mol. The molecule has 9 heteroatoms. The first-order chi connectivity index (χ1) is 8.04. The molecule has 4 amide bonds. The fraction of sp³-hybridized carbons (Fsp3) is 0.222. The van der Waals surface area contributed by atoms with Crippen molar-refractivity contribution in [2.45, 2.75) is 12.8 Å². The Kier molecular flexibility index (Phi) is 7.22. The van der Waals surface area contributed by atoms with Crippen molar-refractivity contribution in [1.29, 1.82) is 0 Å². The molecule has 1 saturated heterocycles. The molecule has 0 aliphatic carbocycles. The minimum atomic E-state index is -0.492. The van der Waals surface area contributed by atoms with Crippen molar-refractivity contribution in [2.24, 2.45) is 0 Å². The van der Waals surface area contributed by atoms with Crippen LogP contribution in [0, 0.1) is 0 Å². The van der Waals surface area contributed by atoms with Crippen molar-refractivity contribution in [3.8, 4) is 0 Å². The van der Waals surface area contributed by atoms with Crippen LogP contribution in [0.15, 0.2) is 12.2 Å². The van der Waals surface area contributed by atoms with Gasteiger partial charge >= 0.3 is 0 Å². The largest absolute Gasteiger partial charge is 0.589 e. The van der Waals surface area contributed by atoms with Gasteiger partial charge in [0, 0.05) is 45.6 Å². The number of nitrogens with zero attached hydrogens (tertiary/aromatic N) is 2. The van der Waals surface area contributed by atoms with E-state index in [0.717, 1.165) is 18.6 Å². The SMILES string of the molecule is O=C1C=CC(=O)[N-]1.O=[C-]ON1C(=O)CCC1=O.[Y]. The van der Waals surface area contributed by atoms with E-state index >= 15 is 0 Å². The number of hydroxylamine groups is 2. The van der Waals surface area contributed by atoms with E-state index in [0.29, 0.717) is 5.06 Å². The van der Waals surface area contributed by atoms with Crippen molar-refractivity contribution in [1.82, 2.24) is 5.06 Å². The molecule has 0 aromatic heterocycles. The van der Waals surface area contributed by atoms with Crippen LogP contribution in [0.4, 0.5) is 0 Å². The van der Waals surface area contributed by atoms with Crippen LogP contribution in [0.25, 0.3) is 5.32 Å². The van der Waals surface area contributed by atoms with E-state index in [1.165, 1.54) is 0 Å². The van der Waals surface area contributed by atoms with Gasteiger partial charge in [-0.25, -0.2) is 0 Å². The van der Waals surface area contributed by atoms with Crippen LogP contribution in [0.2, 0.25) is 0 Å². The van der Waals surface area contributed by atoms with Crippen LogP contribution in [-0.4, -0.2) is 35.2 Å². The summed E-state index contributed by atoms with van der Waals surface area (Å²) in [5.41, 5.74) is 0. The molecule has 2 aliphatic rings. The van der Waals surface area contributed by atoms with Gasteiger partial charge in [-0.3, -0.25) is 9.59 Å². The molecule has 2 rings (SSSR count). The Labute approximate surface area is 127 Å². The molecule has 2 heterocycles. The zero-order valence-electron chi connectivity index (χ0n) is 8.99. The van der Waals surface area contributed by atoms with E-state index in [1.807, 2.05) is 0 Å². The first-order valence-electron chi connectivity index (χ1n) is 4.42. The summed E-state index contributed by atoms with van der Waals surface area (Å²) in [4.78, 5) is 54.6. The Morgan fingerprint density at radius 2 is 1.50 bits per heavy atom. The van der Waals surface area contributed by atoms with E-state index in [1.54, 1.807) is 0 Å². The Hall–Kier alpha value is -1.41. The second-order valence-electron chi connectivity index (χ2n) is 2.88. The van der Waals surface area contributed by atoms with Gasteiger partial charge in [-0.15, -0.1) is 5.06 Å². The summed E-state index contributed by atoms with van der Waals surface area (Å²) < 4.78 is 0. The van der Waals surface area contributed by atoms with Crippen molar-refractivity contribution in [3.05, 3.63) is 17.5 Å². The topological polar surface area (TPSA) is 112 Å². The molecule has 0 atom stereocenters. The standard InChI is InChI=1S/C5H4NO4.C4H3NO2.Y/c7-3-10-6-4(8)1-2-5(6)9;6-3-1-2-4(7)5-3;/h1-2H2;1-2H,(H,5,6,7);/q-1;;/p-1. The summed E-state index contributed by atoms with van der Waals surface area (Å²) in [7, 11) is 0. The molecule has 18 heavy (non-hydrogen) atoms. The van der Waals surface area contributed by atoms with Crippen LogP contribution in [-0.2, 0) is 61.5 Å². The van der Waals surface area contributed by atoms with Gasteiger partial charge in [0.25, 0.3) is 11.8 Å². The van der Waals surface area contributed by atoms with Gasteiger partial charge in [0.1, 0.15) is 0 Å². The minimum Gasteiger partial charge on any atom is -0.589 e. The second-order valence-corrected chi connectivity index (χ2v) is 2.88. The van der Waals surface area contributed by atoms with E-state index in [2.05, 4.69) is 10.2 Å². The van der Waals surface area contributed by atoms with Gasteiger partial charge in [0.15, 0.2) is 0 Å². The monoisotopic (exact) mass is 327 g/mol. The van der Waals surface area contributed by atoms with Crippen LogP contribution >= 0.6 is 0 Å². The summed E-state index contributed by atoms with van der Waals surface area (Å²) >= 11 is 0. The first kappa shape index (κ1) is 16.6. The molecule has 0 N–H and O–H groups in total. The Balaban J connectivity index is 0.000000321. The van der Waals surface area contributed by atoms with Gasteiger partial charge in [-0.1, -0.05) is 0 Å². The van der Waals surface area contributed by atoms with Gasteiger partial charge in [-0.05, 0) is 18.6 Å². The molecule has 0 spiro atoms.